The lowest BCUT2D eigenvalue weighted by Gasteiger charge is -2.19. The zero-order chi connectivity index (χ0) is 27.1. The minimum atomic E-state index is 0.0282. The van der Waals surface area contributed by atoms with Crippen molar-refractivity contribution in [1.82, 2.24) is 9.97 Å². The Labute approximate surface area is 242 Å². The lowest BCUT2D eigenvalue weighted by molar-refractivity contribution is 0.998. The van der Waals surface area contributed by atoms with E-state index in [1.165, 1.54) is 49.6 Å². The van der Waals surface area contributed by atoms with Crippen LogP contribution in [0.1, 0.15) is 33.7 Å². The van der Waals surface area contributed by atoms with Crippen molar-refractivity contribution in [1.29, 1.82) is 0 Å². The molecule has 0 amide bonds. The Bertz CT molecular complexity index is 1760. The van der Waals surface area contributed by atoms with Gasteiger partial charge in [-0.25, -0.2) is 0 Å². The van der Waals surface area contributed by atoms with Crippen LogP contribution in [0.5, 0.6) is 0 Å². The van der Waals surface area contributed by atoms with Gasteiger partial charge in [-0.05, 0) is 84.2 Å². The molecular weight excluding hydrogens is 543 g/mol. The van der Waals surface area contributed by atoms with E-state index in [-0.39, 0.29) is 5.92 Å². The van der Waals surface area contributed by atoms with Gasteiger partial charge in [0.05, 0.1) is 10.7 Å². The molecule has 4 aromatic carbocycles. The second-order valence-corrected chi connectivity index (χ2v) is 11.0. The van der Waals surface area contributed by atoms with Crippen molar-refractivity contribution in [2.24, 2.45) is 0 Å². The number of benzene rings is 4. The lowest BCUT2D eigenvalue weighted by Crippen LogP contribution is -2.19. The number of aromatic nitrogens is 2. The van der Waals surface area contributed by atoms with E-state index in [9.17, 15) is 0 Å². The Morgan fingerprint density at radius 3 is 1.92 bits per heavy atom. The summed E-state index contributed by atoms with van der Waals surface area (Å²) in [7, 11) is 0. The van der Waals surface area contributed by atoms with Crippen LogP contribution in [0.4, 0.5) is 11.4 Å². The number of hydrogen-bond acceptors (Lipinski definition) is 1. The quantitative estimate of drug-likeness (QED) is 0.156. The van der Waals surface area contributed by atoms with E-state index in [4.69, 9.17) is 35.4 Å². The van der Waals surface area contributed by atoms with E-state index in [0.717, 1.165) is 5.69 Å². The van der Waals surface area contributed by atoms with Gasteiger partial charge in [0.1, 0.15) is 0 Å². The molecule has 0 saturated heterocycles. The summed E-state index contributed by atoms with van der Waals surface area (Å²) < 4.78 is 0. The summed E-state index contributed by atoms with van der Waals surface area (Å²) in [6.07, 6.45) is 4.30. The number of thiocarbonyl (C=S) groups is 1. The molecule has 0 aliphatic heterocycles. The summed E-state index contributed by atoms with van der Waals surface area (Å²) in [6, 6.07) is 26.6. The highest BCUT2D eigenvalue weighted by Gasteiger charge is 2.24. The second-order valence-electron chi connectivity index (χ2n) is 9.74. The lowest BCUT2D eigenvalue weighted by atomic mass is 9.84. The Morgan fingerprint density at radius 1 is 0.744 bits per heavy atom. The van der Waals surface area contributed by atoms with E-state index < -0.39 is 0 Å². The Hall–Kier alpha value is -3.77. The number of rotatable bonds is 5. The zero-order valence-corrected chi connectivity index (χ0v) is 23.7. The third kappa shape index (κ3) is 4.89. The Balaban J connectivity index is 1.37. The molecule has 0 fully saturated rings. The van der Waals surface area contributed by atoms with Crippen LogP contribution < -0.4 is 10.6 Å². The van der Waals surface area contributed by atoms with Crippen molar-refractivity contribution < 1.29 is 0 Å². The van der Waals surface area contributed by atoms with E-state index >= 15 is 0 Å². The zero-order valence-electron chi connectivity index (χ0n) is 21.4. The summed E-state index contributed by atoms with van der Waals surface area (Å²) >= 11 is 17.9. The number of fused-ring (bicyclic) bond motifs is 2. The SMILES string of the molecule is Cc1cccc2c(C(c3ccc(NC(=S)Nc4cc(Cl)ccc4Cl)cc3)c3c[nH]c4c(C)cccc34)c[nH]c12. The minimum absolute atomic E-state index is 0.0282. The summed E-state index contributed by atoms with van der Waals surface area (Å²) in [4.78, 5) is 7.06. The molecule has 2 aromatic heterocycles. The van der Waals surface area contributed by atoms with E-state index in [1.54, 1.807) is 18.2 Å². The average molecular weight is 570 g/mol. The van der Waals surface area contributed by atoms with Crippen LogP contribution >= 0.6 is 35.4 Å². The molecule has 4 nitrogen and oxygen atoms in total. The Kier molecular flexibility index (Phi) is 6.81. The van der Waals surface area contributed by atoms with Crippen LogP contribution in [0.2, 0.25) is 10.0 Å². The van der Waals surface area contributed by atoms with Crippen LogP contribution in [-0.2, 0) is 0 Å². The molecule has 6 rings (SSSR count). The molecule has 0 atom stereocenters. The smallest absolute Gasteiger partial charge is 0.175 e. The number of H-pyrrole nitrogens is 2. The molecule has 0 aliphatic rings. The fourth-order valence-electron chi connectivity index (χ4n) is 5.30. The summed E-state index contributed by atoms with van der Waals surface area (Å²) in [6.45, 7) is 4.28. The second kappa shape index (κ2) is 10.4. The highest BCUT2D eigenvalue weighted by atomic mass is 35.5. The number of aromatic amines is 2. The molecule has 6 aromatic rings. The number of anilines is 2. The molecule has 0 radical (unpaired) electrons. The van der Waals surface area contributed by atoms with Gasteiger partial charge in [-0.3, -0.25) is 0 Å². The molecular formula is C32H26Cl2N4S. The molecule has 0 spiro atoms. The fraction of sp³-hybridized carbons (Fsp3) is 0.0938. The van der Waals surface area contributed by atoms with E-state index in [2.05, 4.69) is 108 Å². The molecule has 0 bridgehead atoms. The Morgan fingerprint density at radius 2 is 1.33 bits per heavy atom. The maximum Gasteiger partial charge on any atom is 0.175 e. The molecule has 194 valence electrons. The first-order chi connectivity index (χ1) is 18.9. The first-order valence-electron chi connectivity index (χ1n) is 12.7. The number of aryl methyl sites for hydroxylation is 2. The van der Waals surface area contributed by atoms with Gasteiger partial charge in [-0.1, -0.05) is 71.7 Å². The third-order valence-electron chi connectivity index (χ3n) is 7.21. The summed E-state index contributed by atoms with van der Waals surface area (Å²) in [5.41, 5.74) is 9.99. The van der Waals surface area contributed by atoms with Crippen LogP contribution in [0.3, 0.4) is 0 Å². The first kappa shape index (κ1) is 25.5. The van der Waals surface area contributed by atoms with Gasteiger partial charge < -0.3 is 20.6 Å². The van der Waals surface area contributed by atoms with Gasteiger partial charge in [-0.15, -0.1) is 0 Å². The maximum absolute atomic E-state index is 6.29. The predicted molar refractivity (Wildman–Crippen MR) is 170 cm³/mol. The van der Waals surface area contributed by atoms with Gasteiger partial charge in [0.2, 0.25) is 0 Å². The molecule has 0 saturated carbocycles. The van der Waals surface area contributed by atoms with Gasteiger partial charge in [0.15, 0.2) is 5.11 Å². The largest absolute Gasteiger partial charge is 0.361 e. The standard InChI is InChI=1S/C32H26Cl2N4S/c1-18-5-3-7-23-25(16-35-30(18)23)29(26-17-36-31-19(2)6-4-8-24(26)31)20-9-12-22(13-10-20)37-32(39)38-28-15-21(33)11-14-27(28)34/h3-17,29,35-36H,1-2H3,(H2,37,38,39). The van der Waals surface area contributed by atoms with Gasteiger partial charge in [-0.2, -0.15) is 0 Å². The van der Waals surface area contributed by atoms with Crippen LogP contribution in [0.15, 0.2) is 91.3 Å². The average Bonchev–Trinajstić information content (AvgIpc) is 3.54. The number of para-hydroxylation sites is 2. The maximum atomic E-state index is 6.29. The highest BCUT2D eigenvalue weighted by molar-refractivity contribution is 7.80. The van der Waals surface area contributed by atoms with Gasteiger partial charge in [0, 0.05) is 50.8 Å². The number of nitrogens with one attached hydrogen (secondary N) is 4. The third-order valence-corrected chi connectivity index (χ3v) is 7.98. The minimum Gasteiger partial charge on any atom is -0.361 e. The molecule has 39 heavy (non-hydrogen) atoms. The molecule has 0 unspecified atom stereocenters. The van der Waals surface area contributed by atoms with Crippen molar-refractivity contribution in [2.45, 2.75) is 19.8 Å². The van der Waals surface area contributed by atoms with Crippen molar-refractivity contribution in [3.8, 4) is 0 Å². The van der Waals surface area contributed by atoms with Crippen molar-refractivity contribution in [3.05, 3.63) is 129 Å². The van der Waals surface area contributed by atoms with Gasteiger partial charge in [0.25, 0.3) is 0 Å². The molecule has 4 N–H and O–H groups in total. The topological polar surface area (TPSA) is 55.6 Å². The number of halogens is 2. The van der Waals surface area contributed by atoms with Crippen LogP contribution in [0, 0.1) is 13.8 Å². The van der Waals surface area contributed by atoms with Crippen molar-refractivity contribution >= 4 is 73.7 Å². The molecule has 0 aliphatic carbocycles. The van der Waals surface area contributed by atoms with E-state index in [0.29, 0.717) is 20.8 Å². The normalized spacial score (nSPS) is 11.4. The van der Waals surface area contributed by atoms with Crippen molar-refractivity contribution in [2.75, 3.05) is 10.6 Å². The van der Waals surface area contributed by atoms with Crippen LogP contribution in [-0.4, -0.2) is 15.1 Å². The predicted octanol–water partition coefficient (Wildman–Crippen LogP) is 9.56. The fourth-order valence-corrected chi connectivity index (χ4v) is 5.86. The molecule has 2 heterocycles. The highest BCUT2D eigenvalue weighted by Crippen LogP contribution is 2.40. The van der Waals surface area contributed by atoms with Crippen molar-refractivity contribution in [3.63, 3.8) is 0 Å². The monoisotopic (exact) mass is 568 g/mol. The summed E-state index contributed by atoms with van der Waals surface area (Å²) in [5.74, 6) is 0.0282. The van der Waals surface area contributed by atoms with Gasteiger partial charge >= 0.3 is 0 Å². The van der Waals surface area contributed by atoms with E-state index in [1.807, 2.05) is 0 Å². The molecule has 7 heteroatoms. The van der Waals surface area contributed by atoms with Crippen LogP contribution in [0.25, 0.3) is 21.8 Å². The first-order valence-corrected chi connectivity index (χ1v) is 13.8. The summed E-state index contributed by atoms with van der Waals surface area (Å²) in [5, 5.41) is 10.4. The number of hydrogen-bond donors (Lipinski definition) is 4.